The summed E-state index contributed by atoms with van der Waals surface area (Å²) in [6.45, 7) is 4.21. The molecule has 4 nitrogen and oxygen atoms in total. The van der Waals surface area contributed by atoms with Gasteiger partial charge in [0.05, 0.1) is 0 Å². The van der Waals surface area contributed by atoms with Crippen LogP contribution in [0.4, 0.5) is 0 Å². The first kappa shape index (κ1) is 16.0. The van der Waals surface area contributed by atoms with E-state index in [0.29, 0.717) is 12.4 Å². The summed E-state index contributed by atoms with van der Waals surface area (Å²) in [5, 5.41) is 9.29. The molecule has 2 rings (SSSR count). The molecule has 0 saturated heterocycles. The number of hydrogen-bond donors (Lipinski definition) is 1. The van der Waals surface area contributed by atoms with Gasteiger partial charge >= 0.3 is 5.97 Å². The maximum absolute atomic E-state index is 11.8. The molecule has 0 bridgehead atoms. The number of rotatable bonds is 6. The topological polar surface area (TPSA) is 55.8 Å². The monoisotopic (exact) mass is 300 g/mol. The lowest BCUT2D eigenvalue weighted by atomic mass is 10.1. The molecule has 0 aliphatic carbocycles. The van der Waals surface area contributed by atoms with Crippen LogP contribution >= 0.6 is 0 Å². The number of esters is 1. The summed E-state index contributed by atoms with van der Waals surface area (Å²) in [7, 11) is 0. The molecule has 0 saturated carbocycles. The Kier molecular flexibility index (Phi) is 5.55. The van der Waals surface area contributed by atoms with Gasteiger partial charge in [0, 0.05) is 6.61 Å². The van der Waals surface area contributed by atoms with Crippen LogP contribution < -0.4 is 4.74 Å². The highest BCUT2D eigenvalue weighted by Gasteiger charge is 2.15. The summed E-state index contributed by atoms with van der Waals surface area (Å²) in [5.74, 6) is 0.320. The second-order valence-electron chi connectivity index (χ2n) is 5.01. The molecule has 0 spiro atoms. The van der Waals surface area contributed by atoms with Crippen molar-refractivity contribution in [2.75, 3.05) is 6.61 Å². The molecule has 1 N–H and O–H groups in total. The van der Waals surface area contributed by atoms with Gasteiger partial charge in [-0.3, -0.25) is 0 Å². The van der Waals surface area contributed by atoms with Crippen molar-refractivity contribution in [2.45, 2.75) is 26.4 Å². The third-order valence-electron chi connectivity index (χ3n) is 3.18. The van der Waals surface area contributed by atoms with Crippen LogP contribution in [0, 0.1) is 0 Å². The molecule has 0 aromatic heterocycles. The van der Waals surface area contributed by atoms with E-state index in [0.717, 1.165) is 17.5 Å². The molecular formula is C18H20O4. The Labute approximate surface area is 130 Å². The lowest BCUT2D eigenvalue weighted by Gasteiger charge is -2.12. The summed E-state index contributed by atoms with van der Waals surface area (Å²) in [6, 6.07) is 14.2. The average molecular weight is 300 g/mol. The molecule has 0 aliphatic heterocycles. The fraction of sp³-hybridized carbons (Fsp3) is 0.278. The first-order valence-electron chi connectivity index (χ1n) is 7.33. The second-order valence-corrected chi connectivity index (χ2v) is 5.01. The Bertz CT molecular complexity index is 602. The minimum absolute atomic E-state index is 0.232. The maximum Gasteiger partial charge on any atom is 0.340 e. The normalized spacial score (nSPS) is 11.9. The van der Waals surface area contributed by atoms with Crippen LogP contribution in [0.15, 0.2) is 48.5 Å². The van der Waals surface area contributed by atoms with Crippen LogP contribution in [0.25, 0.3) is 11.1 Å². The van der Waals surface area contributed by atoms with Gasteiger partial charge in [0.25, 0.3) is 0 Å². The van der Waals surface area contributed by atoms with Crippen LogP contribution in [0.3, 0.4) is 0 Å². The molecule has 2 aromatic rings. The van der Waals surface area contributed by atoms with Crippen molar-refractivity contribution in [3.8, 4) is 22.6 Å². The van der Waals surface area contributed by atoms with Crippen LogP contribution in [0.2, 0.25) is 0 Å². The fourth-order valence-electron chi connectivity index (χ4n) is 1.93. The largest absolute Gasteiger partial charge is 0.508 e. The second kappa shape index (κ2) is 7.61. The molecular weight excluding hydrogens is 280 g/mol. The number of phenolic OH excluding ortho intramolecular Hbond substituents is 1. The maximum atomic E-state index is 11.8. The van der Waals surface area contributed by atoms with Crippen LogP contribution in [-0.2, 0) is 9.53 Å². The quantitative estimate of drug-likeness (QED) is 0.651. The van der Waals surface area contributed by atoms with E-state index in [2.05, 4.69) is 0 Å². The zero-order valence-electron chi connectivity index (χ0n) is 12.8. The van der Waals surface area contributed by atoms with Gasteiger partial charge in [-0.05, 0) is 48.7 Å². The average Bonchev–Trinajstić information content (AvgIpc) is 2.54. The van der Waals surface area contributed by atoms with Crippen molar-refractivity contribution >= 4 is 5.97 Å². The first-order valence-corrected chi connectivity index (χ1v) is 7.33. The van der Waals surface area contributed by atoms with E-state index in [1.165, 1.54) is 0 Å². The third-order valence-corrected chi connectivity index (χ3v) is 3.18. The summed E-state index contributed by atoms with van der Waals surface area (Å²) in [4.78, 5) is 11.8. The minimum atomic E-state index is -0.572. The first-order chi connectivity index (χ1) is 10.6. The lowest BCUT2D eigenvalue weighted by molar-refractivity contribution is -0.146. The lowest BCUT2D eigenvalue weighted by Crippen LogP contribution is -2.26. The Balaban J connectivity index is 2.00. The zero-order valence-corrected chi connectivity index (χ0v) is 12.8. The summed E-state index contributed by atoms with van der Waals surface area (Å²) >= 11 is 0. The summed E-state index contributed by atoms with van der Waals surface area (Å²) in [6.07, 6.45) is 0.288. The smallest absolute Gasteiger partial charge is 0.340 e. The summed E-state index contributed by atoms with van der Waals surface area (Å²) in [5.41, 5.74) is 1.96. The van der Waals surface area contributed by atoms with Crippen molar-refractivity contribution in [1.82, 2.24) is 0 Å². The van der Waals surface area contributed by atoms with Crippen molar-refractivity contribution in [3.05, 3.63) is 48.5 Å². The van der Waals surface area contributed by atoms with Crippen molar-refractivity contribution in [2.24, 2.45) is 0 Å². The Morgan fingerprint density at radius 2 is 1.59 bits per heavy atom. The molecule has 0 heterocycles. The Hall–Kier alpha value is -2.33. The predicted molar refractivity (Wildman–Crippen MR) is 84.9 cm³/mol. The molecule has 116 valence electrons. The minimum Gasteiger partial charge on any atom is -0.508 e. The number of carbonyl (C=O) groups excluding carboxylic acids is 1. The van der Waals surface area contributed by atoms with E-state index in [4.69, 9.17) is 9.47 Å². The SMILES string of the molecule is CCCOC(C)C(=O)Oc1ccc(-c2ccc(O)cc2)cc1. The van der Waals surface area contributed by atoms with E-state index in [1.807, 2.05) is 31.2 Å². The molecule has 2 aromatic carbocycles. The van der Waals surface area contributed by atoms with E-state index < -0.39 is 12.1 Å². The highest BCUT2D eigenvalue weighted by Crippen LogP contribution is 2.24. The molecule has 0 aliphatic rings. The number of ether oxygens (including phenoxy) is 2. The van der Waals surface area contributed by atoms with Crippen molar-refractivity contribution in [1.29, 1.82) is 0 Å². The van der Waals surface area contributed by atoms with Gasteiger partial charge in [-0.2, -0.15) is 0 Å². The molecule has 0 amide bonds. The van der Waals surface area contributed by atoms with Gasteiger partial charge in [0.2, 0.25) is 0 Å². The van der Waals surface area contributed by atoms with Gasteiger partial charge < -0.3 is 14.6 Å². The molecule has 4 heteroatoms. The highest BCUT2D eigenvalue weighted by molar-refractivity contribution is 5.77. The van der Waals surface area contributed by atoms with Crippen LogP contribution in [0.5, 0.6) is 11.5 Å². The van der Waals surface area contributed by atoms with Gasteiger partial charge in [-0.1, -0.05) is 31.2 Å². The number of carbonyl (C=O) groups is 1. The van der Waals surface area contributed by atoms with E-state index in [-0.39, 0.29) is 5.75 Å². The van der Waals surface area contributed by atoms with Crippen molar-refractivity contribution in [3.63, 3.8) is 0 Å². The van der Waals surface area contributed by atoms with E-state index in [1.54, 1.807) is 31.2 Å². The highest BCUT2D eigenvalue weighted by atomic mass is 16.6. The number of hydrogen-bond acceptors (Lipinski definition) is 4. The predicted octanol–water partition coefficient (Wildman–Crippen LogP) is 3.78. The fourth-order valence-corrected chi connectivity index (χ4v) is 1.93. The van der Waals surface area contributed by atoms with E-state index >= 15 is 0 Å². The van der Waals surface area contributed by atoms with Gasteiger partial charge in [-0.15, -0.1) is 0 Å². The van der Waals surface area contributed by atoms with Gasteiger partial charge in [0.15, 0.2) is 6.10 Å². The summed E-state index contributed by atoms with van der Waals surface area (Å²) < 4.78 is 10.6. The zero-order chi connectivity index (χ0) is 15.9. The number of aromatic hydroxyl groups is 1. The Morgan fingerprint density at radius 1 is 1.05 bits per heavy atom. The van der Waals surface area contributed by atoms with Crippen molar-refractivity contribution < 1.29 is 19.4 Å². The van der Waals surface area contributed by atoms with E-state index in [9.17, 15) is 9.90 Å². The number of phenols is 1. The standard InChI is InChI=1S/C18H20O4/c1-3-12-21-13(2)18(20)22-17-10-6-15(7-11-17)14-4-8-16(19)9-5-14/h4-11,13,19H,3,12H2,1-2H3. The van der Waals surface area contributed by atoms with Gasteiger partial charge in [-0.25, -0.2) is 4.79 Å². The van der Waals surface area contributed by atoms with Crippen LogP contribution in [0.1, 0.15) is 20.3 Å². The molecule has 1 atom stereocenters. The van der Waals surface area contributed by atoms with Gasteiger partial charge in [0.1, 0.15) is 11.5 Å². The Morgan fingerprint density at radius 3 is 2.14 bits per heavy atom. The third kappa shape index (κ3) is 4.33. The van der Waals surface area contributed by atoms with Crippen LogP contribution in [-0.4, -0.2) is 23.8 Å². The molecule has 22 heavy (non-hydrogen) atoms. The molecule has 1 unspecified atom stereocenters. The number of benzene rings is 2. The molecule has 0 fully saturated rings. The molecule has 0 radical (unpaired) electrons.